The van der Waals surface area contributed by atoms with Crippen LogP contribution in [0.15, 0.2) is 18.2 Å². The van der Waals surface area contributed by atoms with E-state index in [-0.39, 0.29) is 11.2 Å². The molecule has 0 radical (unpaired) electrons. The maximum atomic E-state index is 11.1. The normalized spacial score (nSPS) is 18.6. The lowest BCUT2D eigenvalue weighted by Gasteiger charge is -2.18. The van der Waals surface area contributed by atoms with E-state index in [2.05, 4.69) is 20.8 Å². The molecule has 0 spiro atoms. The number of carbonyl (C=O) groups is 1. The van der Waals surface area contributed by atoms with Crippen LogP contribution in [-0.2, 0) is 10.2 Å². The van der Waals surface area contributed by atoms with Crippen LogP contribution in [0.25, 0.3) is 0 Å². The van der Waals surface area contributed by atoms with Crippen molar-refractivity contribution in [1.82, 2.24) is 0 Å². The quantitative estimate of drug-likeness (QED) is 0.730. The summed E-state index contributed by atoms with van der Waals surface area (Å²) in [4.78, 5) is 11.1. The Morgan fingerprint density at radius 3 is 2.38 bits per heavy atom. The minimum absolute atomic E-state index is 0.0622. The standard InChI is InChI=1S/C13H16O3/c1-8(14)12-15-10-6-5-9(13(2,3)4)7-11(10)16-12/h5-7,12H,1-4H3. The highest BCUT2D eigenvalue weighted by molar-refractivity contribution is 5.80. The van der Waals surface area contributed by atoms with Crippen LogP contribution in [0, 0.1) is 0 Å². The molecule has 0 aromatic heterocycles. The molecule has 1 aliphatic heterocycles. The average Bonchev–Trinajstić information content (AvgIpc) is 2.58. The Morgan fingerprint density at radius 1 is 1.19 bits per heavy atom. The van der Waals surface area contributed by atoms with Crippen molar-refractivity contribution in [2.45, 2.75) is 39.4 Å². The van der Waals surface area contributed by atoms with Gasteiger partial charge >= 0.3 is 6.29 Å². The summed E-state index contributed by atoms with van der Waals surface area (Å²) in [7, 11) is 0. The van der Waals surface area contributed by atoms with Gasteiger partial charge in [0.2, 0.25) is 5.78 Å². The third-order valence-electron chi connectivity index (χ3n) is 2.61. The molecular formula is C13H16O3. The van der Waals surface area contributed by atoms with E-state index in [1.807, 2.05) is 18.2 Å². The number of Topliss-reactive ketones (excluding diaryl/α,β-unsaturated/α-hetero) is 1. The zero-order valence-corrected chi connectivity index (χ0v) is 10.0. The fourth-order valence-electron chi connectivity index (χ4n) is 1.58. The van der Waals surface area contributed by atoms with Gasteiger partial charge in [-0.25, -0.2) is 0 Å². The predicted octanol–water partition coefficient (Wildman–Crippen LogP) is 2.67. The highest BCUT2D eigenvalue weighted by Gasteiger charge is 2.29. The van der Waals surface area contributed by atoms with Crippen LogP contribution in [0.2, 0.25) is 0 Å². The number of ether oxygens (including phenoxy) is 2. The van der Waals surface area contributed by atoms with Crippen LogP contribution in [0.3, 0.4) is 0 Å². The first-order valence-electron chi connectivity index (χ1n) is 5.36. The topological polar surface area (TPSA) is 35.5 Å². The SMILES string of the molecule is CC(=O)C1Oc2ccc(C(C)(C)C)cc2O1. The Kier molecular flexibility index (Phi) is 2.41. The lowest BCUT2D eigenvalue weighted by molar-refractivity contribution is -0.132. The zero-order valence-electron chi connectivity index (χ0n) is 10.0. The maximum Gasteiger partial charge on any atom is 0.300 e. The summed E-state index contributed by atoms with van der Waals surface area (Å²) in [6.45, 7) is 7.86. The molecule has 1 aromatic carbocycles. The van der Waals surface area contributed by atoms with Crippen molar-refractivity contribution in [3.05, 3.63) is 23.8 Å². The molecule has 1 atom stereocenters. The number of carbonyl (C=O) groups excluding carboxylic acids is 1. The molecule has 0 saturated heterocycles. The van der Waals surface area contributed by atoms with Crippen molar-refractivity contribution in [1.29, 1.82) is 0 Å². The van der Waals surface area contributed by atoms with E-state index >= 15 is 0 Å². The fraction of sp³-hybridized carbons (Fsp3) is 0.462. The van der Waals surface area contributed by atoms with Gasteiger partial charge in [0.05, 0.1) is 0 Å². The lowest BCUT2D eigenvalue weighted by atomic mass is 9.87. The van der Waals surface area contributed by atoms with Gasteiger partial charge in [0, 0.05) is 6.92 Å². The Morgan fingerprint density at radius 2 is 1.81 bits per heavy atom. The van der Waals surface area contributed by atoms with Gasteiger partial charge in [-0.05, 0) is 23.1 Å². The second kappa shape index (κ2) is 3.51. The summed E-state index contributed by atoms with van der Waals surface area (Å²) < 4.78 is 10.8. The van der Waals surface area contributed by atoms with Gasteiger partial charge in [-0.2, -0.15) is 0 Å². The largest absolute Gasteiger partial charge is 0.444 e. The molecule has 0 fully saturated rings. The monoisotopic (exact) mass is 220 g/mol. The number of hydrogen-bond donors (Lipinski definition) is 0. The summed E-state index contributed by atoms with van der Waals surface area (Å²) in [5.74, 6) is 1.19. The van der Waals surface area contributed by atoms with E-state index in [0.29, 0.717) is 11.5 Å². The van der Waals surface area contributed by atoms with Gasteiger partial charge in [0.25, 0.3) is 0 Å². The van der Waals surface area contributed by atoms with Crippen molar-refractivity contribution in [2.75, 3.05) is 0 Å². The molecule has 0 bridgehead atoms. The van der Waals surface area contributed by atoms with E-state index in [1.54, 1.807) is 0 Å². The van der Waals surface area contributed by atoms with Crippen molar-refractivity contribution < 1.29 is 14.3 Å². The highest BCUT2D eigenvalue weighted by Crippen LogP contribution is 2.38. The van der Waals surface area contributed by atoms with Crippen molar-refractivity contribution >= 4 is 5.78 Å². The molecule has 3 nitrogen and oxygen atoms in total. The zero-order chi connectivity index (χ0) is 11.9. The average molecular weight is 220 g/mol. The third-order valence-corrected chi connectivity index (χ3v) is 2.61. The second-order valence-electron chi connectivity index (χ2n) is 5.09. The minimum Gasteiger partial charge on any atom is -0.444 e. The van der Waals surface area contributed by atoms with Crippen molar-refractivity contribution in [3.8, 4) is 11.5 Å². The Balaban J connectivity index is 2.31. The van der Waals surface area contributed by atoms with Crippen LogP contribution < -0.4 is 9.47 Å². The van der Waals surface area contributed by atoms with E-state index < -0.39 is 6.29 Å². The number of ketones is 1. The van der Waals surface area contributed by atoms with E-state index in [0.717, 1.165) is 0 Å². The summed E-state index contributed by atoms with van der Waals surface area (Å²) in [6, 6.07) is 5.81. The second-order valence-corrected chi connectivity index (χ2v) is 5.09. The summed E-state index contributed by atoms with van der Waals surface area (Å²) >= 11 is 0. The van der Waals surface area contributed by atoms with Gasteiger partial charge in [-0.1, -0.05) is 26.8 Å². The molecule has 86 valence electrons. The molecule has 0 aliphatic carbocycles. The van der Waals surface area contributed by atoms with Gasteiger partial charge in [0.1, 0.15) is 0 Å². The first kappa shape index (κ1) is 11.0. The molecule has 16 heavy (non-hydrogen) atoms. The molecule has 0 N–H and O–H groups in total. The van der Waals surface area contributed by atoms with Gasteiger partial charge in [-0.15, -0.1) is 0 Å². The Hall–Kier alpha value is -1.51. The van der Waals surface area contributed by atoms with Gasteiger partial charge in [0.15, 0.2) is 11.5 Å². The fourth-order valence-corrected chi connectivity index (χ4v) is 1.58. The highest BCUT2D eigenvalue weighted by atomic mass is 16.7. The molecule has 1 heterocycles. The van der Waals surface area contributed by atoms with Crippen LogP contribution in [0.4, 0.5) is 0 Å². The van der Waals surface area contributed by atoms with Gasteiger partial charge in [-0.3, -0.25) is 4.79 Å². The van der Waals surface area contributed by atoms with Crippen LogP contribution in [0.1, 0.15) is 33.3 Å². The molecule has 1 unspecified atom stereocenters. The Labute approximate surface area is 95.4 Å². The number of benzene rings is 1. The lowest BCUT2D eigenvalue weighted by Crippen LogP contribution is -2.26. The number of rotatable bonds is 1. The minimum atomic E-state index is -0.773. The summed E-state index contributed by atoms with van der Waals surface area (Å²) in [5.41, 5.74) is 1.23. The van der Waals surface area contributed by atoms with Crippen molar-refractivity contribution in [3.63, 3.8) is 0 Å². The van der Waals surface area contributed by atoms with Crippen LogP contribution >= 0.6 is 0 Å². The first-order valence-corrected chi connectivity index (χ1v) is 5.36. The molecule has 3 heteroatoms. The molecule has 1 aliphatic rings. The van der Waals surface area contributed by atoms with Crippen LogP contribution in [-0.4, -0.2) is 12.1 Å². The third kappa shape index (κ3) is 1.90. The molecule has 2 rings (SSSR count). The smallest absolute Gasteiger partial charge is 0.300 e. The van der Waals surface area contributed by atoms with E-state index in [4.69, 9.17) is 9.47 Å². The van der Waals surface area contributed by atoms with Crippen LogP contribution in [0.5, 0.6) is 11.5 Å². The number of fused-ring (bicyclic) bond motifs is 1. The number of hydrogen-bond acceptors (Lipinski definition) is 3. The Bertz CT molecular complexity index is 429. The van der Waals surface area contributed by atoms with E-state index in [1.165, 1.54) is 12.5 Å². The predicted molar refractivity (Wildman–Crippen MR) is 60.9 cm³/mol. The molecular weight excluding hydrogens is 204 g/mol. The molecule has 1 aromatic rings. The first-order chi connectivity index (χ1) is 7.38. The van der Waals surface area contributed by atoms with Crippen molar-refractivity contribution in [2.24, 2.45) is 0 Å². The van der Waals surface area contributed by atoms with E-state index in [9.17, 15) is 4.79 Å². The maximum absolute atomic E-state index is 11.1. The van der Waals surface area contributed by atoms with Gasteiger partial charge < -0.3 is 9.47 Å². The molecule has 0 amide bonds. The summed E-state index contributed by atoms with van der Waals surface area (Å²) in [5, 5.41) is 0. The molecule has 0 saturated carbocycles. The summed E-state index contributed by atoms with van der Waals surface area (Å²) in [6.07, 6.45) is -0.773.